The average Bonchev–Trinajstić information content (AvgIpc) is 2.90. The van der Waals surface area contributed by atoms with Gasteiger partial charge < -0.3 is 11.5 Å². The zero-order valence-electron chi connectivity index (χ0n) is 14.1. The van der Waals surface area contributed by atoms with Crippen LogP contribution in [-0.2, 0) is 16.3 Å². The van der Waals surface area contributed by atoms with Crippen LogP contribution in [0.15, 0.2) is 34.4 Å². The third-order valence-electron chi connectivity index (χ3n) is 3.51. The summed E-state index contributed by atoms with van der Waals surface area (Å²) in [4.78, 5) is 19.8. The molecule has 1 aromatic heterocycles. The SMILES string of the molecule is CCc1cc(Nn2ccnc2C)c(S(C)(=O)=O)cc1C(=O)N=C(N)N. The van der Waals surface area contributed by atoms with Crippen LogP contribution >= 0.6 is 0 Å². The van der Waals surface area contributed by atoms with E-state index in [1.165, 1.54) is 6.07 Å². The lowest BCUT2D eigenvalue weighted by atomic mass is 10.0. The van der Waals surface area contributed by atoms with Gasteiger partial charge in [-0.05, 0) is 31.0 Å². The number of rotatable bonds is 5. The lowest BCUT2D eigenvalue weighted by molar-refractivity contribution is 0.100. The Morgan fingerprint density at radius 3 is 2.52 bits per heavy atom. The number of imidazole rings is 1. The smallest absolute Gasteiger partial charge is 0.280 e. The molecule has 0 aliphatic rings. The number of carbonyl (C=O) groups is 1. The Labute approximate surface area is 145 Å². The van der Waals surface area contributed by atoms with E-state index >= 15 is 0 Å². The normalized spacial score (nSPS) is 11.2. The molecule has 1 amide bonds. The van der Waals surface area contributed by atoms with E-state index in [0.717, 1.165) is 6.26 Å². The molecule has 0 radical (unpaired) electrons. The highest BCUT2D eigenvalue weighted by atomic mass is 32.2. The quantitative estimate of drug-likeness (QED) is 0.515. The molecule has 0 atom stereocenters. The highest BCUT2D eigenvalue weighted by Crippen LogP contribution is 2.27. The molecule has 2 aromatic rings. The summed E-state index contributed by atoms with van der Waals surface area (Å²) < 4.78 is 26.0. The monoisotopic (exact) mass is 364 g/mol. The molecule has 0 unspecified atom stereocenters. The van der Waals surface area contributed by atoms with E-state index in [2.05, 4.69) is 15.4 Å². The van der Waals surface area contributed by atoms with E-state index < -0.39 is 15.7 Å². The van der Waals surface area contributed by atoms with Crippen molar-refractivity contribution in [3.8, 4) is 0 Å². The van der Waals surface area contributed by atoms with E-state index in [0.29, 0.717) is 23.5 Å². The van der Waals surface area contributed by atoms with Crippen LogP contribution in [0, 0.1) is 6.92 Å². The number of amides is 1. The Morgan fingerprint density at radius 2 is 2.04 bits per heavy atom. The highest BCUT2D eigenvalue weighted by Gasteiger charge is 2.21. The number of aryl methyl sites for hydroxylation is 2. The number of guanidine groups is 1. The standard InChI is InChI=1S/C15H20N6O3S/c1-4-10-7-12(20-21-6-5-18-9(21)2)13(25(3,23)24)8-11(10)14(22)19-15(16)17/h5-8,20H,4H2,1-3H3,(H4,16,17,19,22). The summed E-state index contributed by atoms with van der Waals surface area (Å²) in [6, 6.07) is 2.89. The summed E-state index contributed by atoms with van der Waals surface area (Å²) >= 11 is 0. The number of carbonyl (C=O) groups excluding carboxylic acids is 1. The lowest BCUT2D eigenvalue weighted by Gasteiger charge is -2.16. The molecule has 0 bridgehead atoms. The van der Waals surface area contributed by atoms with Crippen LogP contribution in [0.3, 0.4) is 0 Å². The largest absolute Gasteiger partial charge is 0.370 e. The molecule has 0 fully saturated rings. The first kappa shape index (κ1) is 18.5. The van der Waals surface area contributed by atoms with Gasteiger partial charge in [0.1, 0.15) is 5.82 Å². The molecule has 9 nitrogen and oxygen atoms in total. The Balaban J connectivity index is 2.66. The second-order valence-corrected chi connectivity index (χ2v) is 7.41. The minimum atomic E-state index is -3.62. The molecular weight excluding hydrogens is 344 g/mol. The lowest BCUT2D eigenvalue weighted by Crippen LogP contribution is -2.24. The topological polar surface area (TPSA) is 145 Å². The molecule has 25 heavy (non-hydrogen) atoms. The average molecular weight is 364 g/mol. The molecule has 10 heteroatoms. The molecule has 5 N–H and O–H groups in total. The van der Waals surface area contributed by atoms with Gasteiger partial charge in [0, 0.05) is 24.2 Å². The minimum Gasteiger partial charge on any atom is -0.370 e. The third kappa shape index (κ3) is 4.15. The molecule has 0 saturated carbocycles. The zero-order chi connectivity index (χ0) is 18.8. The van der Waals surface area contributed by atoms with Crippen molar-refractivity contribution >= 4 is 27.4 Å². The van der Waals surface area contributed by atoms with Crippen LogP contribution in [0.2, 0.25) is 0 Å². The van der Waals surface area contributed by atoms with E-state index in [1.807, 2.05) is 6.92 Å². The van der Waals surface area contributed by atoms with Crippen LogP contribution in [0.25, 0.3) is 0 Å². The van der Waals surface area contributed by atoms with Gasteiger partial charge in [0.25, 0.3) is 5.91 Å². The number of hydrogen-bond acceptors (Lipinski definition) is 5. The molecule has 0 spiro atoms. The molecule has 0 aliphatic heterocycles. The number of hydrogen-bond donors (Lipinski definition) is 3. The van der Waals surface area contributed by atoms with Crippen molar-refractivity contribution in [3.05, 3.63) is 41.5 Å². The van der Waals surface area contributed by atoms with Gasteiger partial charge in [0.2, 0.25) is 0 Å². The van der Waals surface area contributed by atoms with E-state index in [9.17, 15) is 13.2 Å². The van der Waals surface area contributed by atoms with Gasteiger partial charge in [-0.25, -0.2) is 18.1 Å². The second-order valence-electron chi connectivity index (χ2n) is 5.43. The van der Waals surface area contributed by atoms with Crippen LogP contribution in [0.1, 0.15) is 28.7 Å². The predicted molar refractivity (Wildman–Crippen MR) is 95.1 cm³/mol. The molecule has 134 valence electrons. The van der Waals surface area contributed by atoms with Crippen molar-refractivity contribution in [1.29, 1.82) is 0 Å². The first-order valence-corrected chi connectivity index (χ1v) is 9.30. The summed E-state index contributed by atoms with van der Waals surface area (Å²) in [7, 11) is -3.62. The van der Waals surface area contributed by atoms with Gasteiger partial charge >= 0.3 is 0 Å². The van der Waals surface area contributed by atoms with Crippen molar-refractivity contribution in [2.75, 3.05) is 11.7 Å². The number of nitrogens with zero attached hydrogens (tertiary/aromatic N) is 3. The number of aliphatic imine (C=N–C) groups is 1. The van der Waals surface area contributed by atoms with Crippen molar-refractivity contribution in [2.45, 2.75) is 25.2 Å². The van der Waals surface area contributed by atoms with Crippen molar-refractivity contribution in [3.63, 3.8) is 0 Å². The fourth-order valence-electron chi connectivity index (χ4n) is 2.31. The summed E-state index contributed by atoms with van der Waals surface area (Å²) in [5.74, 6) is -0.422. The Morgan fingerprint density at radius 1 is 1.36 bits per heavy atom. The Hall–Kier alpha value is -2.88. The maximum Gasteiger partial charge on any atom is 0.280 e. The Bertz CT molecular complexity index is 942. The van der Waals surface area contributed by atoms with Gasteiger partial charge in [0.15, 0.2) is 15.8 Å². The second kappa shape index (κ2) is 6.93. The number of benzene rings is 1. The van der Waals surface area contributed by atoms with E-state index in [4.69, 9.17) is 11.5 Å². The maximum absolute atomic E-state index is 12.2. The van der Waals surface area contributed by atoms with E-state index in [1.54, 1.807) is 30.1 Å². The Kier molecular flexibility index (Phi) is 5.12. The van der Waals surface area contributed by atoms with Crippen molar-refractivity contribution < 1.29 is 13.2 Å². The summed E-state index contributed by atoms with van der Waals surface area (Å²) in [5.41, 5.74) is 14.6. The first-order valence-electron chi connectivity index (χ1n) is 7.41. The van der Waals surface area contributed by atoms with Gasteiger partial charge in [-0.3, -0.25) is 10.2 Å². The first-order chi connectivity index (χ1) is 11.6. The summed E-state index contributed by atoms with van der Waals surface area (Å²) in [6.07, 6.45) is 4.79. The fraction of sp³-hybridized carbons (Fsp3) is 0.267. The van der Waals surface area contributed by atoms with Crippen LogP contribution in [0.5, 0.6) is 0 Å². The predicted octanol–water partition coefficient (Wildman–Crippen LogP) is 0.446. The van der Waals surface area contributed by atoms with Gasteiger partial charge in [-0.1, -0.05) is 6.92 Å². The fourth-order valence-corrected chi connectivity index (χ4v) is 3.15. The summed E-state index contributed by atoms with van der Waals surface area (Å²) in [6.45, 7) is 3.61. The molecule has 1 aromatic carbocycles. The third-order valence-corrected chi connectivity index (χ3v) is 4.65. The highest BCUT2D eigenvalue weighted by molar-refractivity contribution is 7.90. The van der Waals surface area contributed by atoms with Crippen molar-refractivity contribution in [2.24, 2.45) is 16.5 Å². The van der Waals surface area contributed by atoms with Crippen LogP contribution in [-0.4, -0.2) is 36.2 Å². The maximum atomic E-state index is 12.2. The number of aromatic nitrogens is 2. The number of anilines is 1. The molecule has 0 saturated heterocycles. The molecular formula is C15H20N6O3S. The number of nitrogens with one attached hydrogen (secondary N) is 1. The van der Waals surface area contributed by atoms with Gasteiger partial charge in [0.05, 0.1) is 10.6 Å². The molecule has 0 aliphatic carbocycles. The molecule has 2 rings (SSSR count). The zero-order valence-corrected chi connectivity index (χ0v) is 15.0. The molecule has 1 heterocycles. The van der Waals surface area contributed by atoms with E-state index in [-0.39, 0.29) is 16.4 Å². The van der Waals surface area contributed by atoms with Crippen molar-refractivity contribution in [1.82, 2.24) is 9.66 Å². The van der Waals surface area contributed by atoms with Gasteiger partial charge in [-0.2, -0.15) is 4.99 Å². The van der Waals surface area contributed by atoms with Gasteiger partial charge in [-0.15, -0.1) is 0 Å². The van der Waals surface area contributed by atoms with Crippen LogP contribution in [0.4, 0.5) is 5.69 Å². The minimum absolute atomic E-state index is 0.0352. The number of nitrogens with two attached hydrogens (primary N) is 2. The number of sulfone groups is 1. The summed E-state index contributed by atoms with van der Waals surface area (Å²) in [5, 5.41) is 0. The van der Waals surface area contributed by atoms with Crippen LogP contribution < -0.4 is 16.9 Å².